The van der Waals surface area contributed by atoms with Gasteiger partial charge in [0.2, 0.25) is 0 Å². The molecule has 4 unspecified atom stereocenters. The molecule has 2 N–H and O–H groups in total. The van der Waals surface area contributed by atoms with Crippen LogP contribution in [0.4, 0.5) is 0 Å². The molecule has 90 valence electrons. The number of imidazole rings is 1. The average Bonchev–Trinajstić information content (AvgIpc) is 2.94. The molecule has 3 rings (SSSR count). The Morgan fingerprint density at radius 2 is 2.53 bits per heavy atom. The third kappa shape index (κ3) is 1.63. The van der Waals surface area contributed by atoms with Crippen molar-refractivity contribution in [1.29, 1.82) is 0 Å². The quantitative estimate of drug-likeness (QED) is 0.757. The van der Waals surface area contributed by atoms with Crippen LogP contribution < -0.4 is 5.56 Å². The highest BCUT2D eigenvalue weighted by atomic mass is 16.5. The minimum absolute atomic E-state index is 0.160. The van der Waals surface area contributed by atoms with Gasteiger partial charge in [-0.1, -0.05) is 0 Å². The Bertz CT molecular complexity index is 658. The lowest BCUT2D eigenvalue weighted by atomic mass is 10.2. The molecule has 1 aliphatic heterocycles. The molecule has 0 spiro atoms. The second-order valence-electron chi connectivity index (χ2n) is 3.69. The number of H-pyrrole nitrogens is 1. The molecule has 7 heteroatoms. The molecule has 2 aromatic heterocycles. The number of aliphatic hydroxyl groups is 1. The average molecular weight is 240 g/mol. The van der Waals surface area contributed by atoms with Crippen molar-refractivity contribution in [3.8, 4) is 0 Å². The van der Waals surface area contributed by atoms with E-state index in [1.165, 1.54) is 17.2 Å². The Balaban J connectivity index is 2.06. The molecule has 1 saturated heterocycles. The van der Waals surface area contributed by atoms with E-state index >= 15 is 0 Å². The fraction of sp³-hybridized carbons (Fsp3) is 0.500. The second-order valence-corrected chi connectivity index (χ2v) is 3.69. The predicted molar refractivity (Wildman–Crippen MR) is 58.4 cm³/mol. The van der Waals surface area contributed by atoms with Crippen molar-refractivity contribution in [3.63, 3.8) is 0 Å². The zero-order chi connectivity index (χ0) is 13.6. The number of ether oxygens (including phenoxy) is 1. The van der Waals surface area contributed by atoms with Crippen LogP contribution in [0.1, 0.15) is 21.8 Å². The highest BCUT2D eigenvalue weighted by molar-refractivity contribution is 5.68. The summed E-state index contributed by atoms with van der Waals surface area (Å²) >= 11 is 0. The smallest absolute Gasteiger partial charge is 0.278 e. The zero-order valence-electron chi connectivity index (χ0n) is 10.8. The molecular formula is C10H12N4O3. The summed E-state index contributed by atoms with van der Waals surface area (Å²) in [6, 6.07) is 0. The summed E-state index contributed by atoms with van der Waals surface area (Å²) in [4.78, 5) is 21.9. The zero-order valence-corrected chi connectivity index (χ0v) is 8.78. The molecule has 0 bridgehead atoms. The summed E-state index contributed by atoms with van der Waals surface area (Å²) in [6.07, 6.45) is -0.611. The molecule has 2 aromatic rings. The van der Waals surface area contributed by atoms with E-state index in [0.29, 0.717) is 5.65 Å². The Kier molecular flexibility index (Phi) is 1.94. The number of nitrogens with zero attached hydrogens (tertiary/aromatic N) is 3. The molecule has 0 amide bonds. The molecule has 0 aromatic carbocycles. The lowest BCUT2D eigenvalue weighted by Gasteiger charge is -2.13. The summed E-state index contributed by atoms with van der Waals surface area (Å²) in [5, 5.41) is 9.10. The van der Waals surface area contributed by atoms with Crippen LogP contribution in [0.3, 0.4) is 0 Å². The maximum Gasteiger partial charge on any atom is 0.278 e. The van der Waals surface area contributed by atoms with Crippen LogP contribution in [0, 0.1) is 0 Å². The summed E-state index contributed by atoms with van der Waals surface area (Å²) < 4.78 is 22.7. The van der Waals surface area contributed by atoms with Gasteiger partial charge in [0.05, 0.1) is 25.4 Å². The third-order valence-electron chi connectivity index (χ3n) is 2.62. The van der Waals surface area contributed by atoms with Crippen molar-refractivity contribution in [2.45, 2.75) is 25.1 Å². The molecule has 1 aliphatic rings. The van der Waals surface area contributed by atoms with Crippen LogP contribution in [0.25, 0.3) is 11.2 Å². The molecular weight excluding hydrogens is 224 g/mol. The van der Waals surface area contributed by atoms with Crippen molar-refractivity contribution in [2.24, 2.45) is 0 Å². The normalized spacial score (nSPS) is 34.9. The number of aromatic nitrogens is 4. The molecule has 17 heavy (non-hydrogen) atoms. The number of hydrogen-bond acceptors (Lipinski definition) is 5. The van der Waals surface area contributed by atoms with Crippen LogP contribution in [0.2, 0.25) is 0 Å². The van der Waals surface area contributed by atoms with Crippen molar-refractivity contribution in [1.82, 2.24) is 19.5 Å². The van der Waals surface area contributed by atoms with Gasteiger partial charge in [0, 0.05) is 2.74 Å². The van der Waals surface area contributed by atoms with Gasteiger partial charge < -0.3 is 14.8 Å². The van der Waals surface area contributed by atoms with Gasteiger partial charge in [-0.25, -0.2) is 9.97 Å². The Labute approximate surface area is 98.9 Å². The lowest BCUT2D eigenvalue weighted by molar-refractivity contribution is -0.0207. The first-order valence-corrected chi connectivity index (χ1v) is 5.14. The van der Waals surface area contributed by atoms with E-state index in [9.17, 15) is 4.79 Å². The molecule has 0 radical (unpaired) electrons. The minimum atomic E-state index is -0.879. The van der Waals surface area contributed by atoms with E-state index < -0.39 is 25.1 Å². The van der Waals surface area contributed by atoms with Crippen LogP contribution in [0.15, 0.2) is 17.4 Å². The number of aromatic amines is 1. The second kappa shape index (κ2) is 3.94. The predicted octanol–water partition coefficient (Wildman–Crippen LogP) is -0.211. The Morgan fingerprint density at radius 3 is 3.29 bits per heavy atom. The SMILES string of the molecule is [3H]C1C(CO)OC(n2cnc3c(=O)[nH]cnc32)C1[3H]. The highest BCUT2D eigenvalue weighted by Crippen LogP contribution is 2.29. The molecule has 4 atom stereocenters. The largest absolute Gasteiger partial charge is 0.394 e. The van der Waals surface area contributed by atoms with Crippen LogP contribution >= 0.6 is 0 Å². The molecule has 0 aliphatic carbocycles. The van der Waals surface area contributed by atoms with E-state index in [1.54, 1.807) is 0 Å². The van der Waals surface area contributed by atoms with E-state index in [4.69, 9.17) is 12.6 Å². The van der Waals surface area contributed by atoms with Crippen molar-refractivity contribution in [3.05, 3.63) is 23.0 Å². The summed E-state index contributed by atoms with van der Waals surface area (Å²) in [5.74, 6) is 0. The third-order valence-corrected chi connectivity index (χ3v) is 2.62. The van der Waals surface area contributed by atoms with Crippen molar-refractivity contribution < 1.29 is 12.6 Å². The first-order valence-electron chi connectivity index (χ1n) is 6.30. The molecule has 0 saturated carbocycles. The van der Waals surface area contributed by atoms with E-state index in [-0.39, 0.29) is 17.7 Å². The van der Waals surface area contributed by atoms with E-state index in [1.807, 2.05) is 0 Å². The van der Waals surface area contributed by atoms with Gasteiger partial charge in [0.1, 0.15) is 6.23 Å². The Hall–Kier alpha value is -1.73. The van der Waals surface area contributed by atoms with Crippen molar-refractivity contribution in [2.75, 3.05) is 6.61 Å². The number of nitrogens with one attached hydrogen (secondary N) is 1. The first kappa shape index (κ1) is 8.37. The number of hydrogen-bond donors (Lipinski definition) is 2. The first-order chi connectivity index (χ1) is 9.13. The highest BCUT2D eigenvalue weighted by Gasteiger charge is 2.27. The number of fused-ring (bicyclic) bond motifs is 1. The molecule has 7 nitrogen and oxygen atoms in total. The maximum absolute atomic E-state index is 11.5. The van der Waals surface area contributed by atoms with Crippen LogP contribution in [-0.2, 0) is 4.74 Å². The van der Waals surface area contributed by atoms with Crippen molar-refractivity contribution >= 4 is 11.2 Å². The summed E-state index contributed by atoms with van der Waals surface area (Å²) in [5.41, 5.74) is 0.0912. The van der Waals surface area contributed by atoms with Gasteiger partial charge in [0.25, 0.3) is 5.56 Å². The van der Waals surface area contributed by atoms with E-state index in [2.05, 4.69) is 15.0 Å². The van der Waals surface area contributed by atoms with Gasteiger partial charge in [-0.2, -0.15) is 0 Å². The van der Waals surface area contributed by atoms with Gasteiger partial charge in [-0.3, -0.25) is 9.36 Å². The van der Waals surface area contributed by atoms with Gasteiger partial charge in [0.15, 0.2) is 11.2 Å². The maximum atomic E-state index is 11.5. The fourth-order valence-electron chi connectivity index (χ4n) is 1.80. The summed E-state index contributed by atoms with van der Waals surface area (Å²) in [7, 11) is 0. The fourth-order valence-corrected chi connectivity index (χ4v) is 1.80. The topological polar surface area (TPSA) is 93.0 Å². The number of aliphatic hydroxyl groups excluding tert-OH is 1. The minimum Gasteiger partial charge on any atom is -0.394 e. The number of rotatable bonds is 2. The summed E-state index contributed by atoms with van der Waals surface area (Å²) in [6.45, 7) is -0.319. The van der Waals surface area contributed by atoms with Gasteiger partial charge in [-0.05, 0) is 12.8 Å². The monoisotopic (exact) mass is 240 g/mol. The molecule has 1 fully saturated rings. The van der Waals surface area contributed by atoms with Gasteiger partial charge >= 0.3 is 0 Å². The van der Waals surface area contributed by atoms with Crippen LogP contribution in [0.5, 0.6) is 0 Å². The standard InChI is InChI=1S/C10H12N4O3/c15-3-6-1-2-7(17-6)14-5-13-8-9(14)11-4-12-10(8)16/h4-7,15H,1-3H2,(H,11,12,16)/i1T,2T. The van der Waals surface area contributed by atoms with E-state index in [0.717, 1.165) is 0 Å². The molecule has 3 heterocycles. The van der Waals surface area contributed by atoms with Crippen LogP contribution in [-0.4, -0.2) is 37.3 Å². The Morgan fingerprint density at radius 1 is 1.65 bits per heavy atom. The van der Waals surface area contributed by atoms with Gasteiger partial charge in [-0.15, -0.1) is 0 Å². The lowest BCUT2D eigenvalue weighted by Crippen LogP contribution is -2.14.